The topological polar surface area (TPSA) is 37.3 Å². The lowest BCUT2D eigenvalue weighted by atomic mass is 9.42. The van der Waals surface area contributed by atoms with Crippen molar-refractivity contribution in [2.24, 2.45) is 28.1 Å². The second-order valence-corrected chi connectivity index (χ2v) is 9.58. The molecule has 0 heterocycles. The summed E-state index contributed by atoms with van der Waals surface area (Å²) >= 11 is 0. The lowest BCUT2D eigenvalue weighted by Crippen LogP contribution is -2.65. The molecule has 124 valence electrons. The Kier molecular flexibility index (Phi) is 3.46. The minimum atomic E-state index is -1.13. The summed E-state index contributed by atoms with van der Waals surface area (Å²) in [7, 11) is 0. The van der Waals surface area contributed by atoms with E-state index in [4.69, 9.17) is 0 Å². The molecule has 0 radical (unpaired) electrons. The van der Waals surface area contributed by atoms with Gasteiger partial charge in [0.1, 0.15) is 5.60 Å². The highest BCUT2D eigenvalue weighted by Crippen LogP contribution is 2.65. The Balaban J connectivity index is 2.03. The molecule has 3 rings (SSSR count). The highest BCUT2D eigenvalue weighted by Gasteiger charge is 2.65. The van der Waals surface area contributed by atoms with Crippen LogP contribution in [0.25, 0.3) is 0 Å². The molecule has 3 aliphatic rings. The van der Waals surface area contributed by atoms with Gasteiger partial charge in [0.2, 0.25) is 0 Å². The van der Waals surface area contributed by atoms with Gasteiger partial charge in [0.25, 0.3) is 0 Å². The van der Waals surface area contributed by atoms with Crippen LogP contribution in [0.5, 0.6) is 0 Å². The van der Waals surface area contributed by atoms with Crippen LogP contribution in [0.3, 0.4) is 0 Å². The SMILES string of the molecule is C=C[C@]1(C)CCC2[C@]3(C)CCCC(C)(C)C3CC(=O)[C@]2(O)C1. The van der Waals surface area contributed by atoms with E-state index in [1.807, 2.05) is 6.08 Å². The van der Waals surface area contributed by atoms with Crippen molar-refractivity contribution in [3.63, 3.8) is 0 Å². The first-order valence-corrected chi connectivity index (χ1v) is 8.97. The molecule has 22 heavy (non-hydrogen) atoms. The van der Waals surface area contributed by atoms with Crippen LogP contribution in [0.2, 0.25) is 0 Å². The number of fused-ring (bicyclic) bond motifs is 3. The van der Waals surface area contributed by atoms with Crippen LogP contribution in [-0.2, 0) is 4.79 Å². The molecule has 1 N–H and O–H groups in total. The predicted molar refractivity (Wildman–Crippen MR) is 89.4 cm³/mol. The molecule has 0 saturated heterocycles. The van der Waals surface area contributed by atoms with Crippen LogP contribution < -0.4 is 0 Å². The molecule has 2 unspecified atom stereocenters. The van der Waals surface area contributed by atoms with E-state index in [0.717, 1.165) is 19.3 Å². The summed E-state index contributed by atoms with van der Waals surface area (Å²) < 4.78 is 0. The number of aliphatic hydroxyl groups is 1. The minimum Gasteiger partial charge on any atom is -0.382 e. The summed E-state index contributed by atoms with van der Waals surface area (Å²) in [5.74, 6) is 0.640. The van der Waals surface area contributed by atoms with Crippen molar-refractivity contribution in [3.8, 4) is 0 Å². The smallest absolute Gasteiger partial charge is 0.164 e. The summed E-state index contributed by atoms with van der Waals surface area (Å²) in [5.41, 5.74) is -0.912. The highest BCUT2D eigenvalue weighted by atomic mass is 16.3. The number of ketones is 1. The zero-order valence-electron chi connectivity index (χ0n) is 14.7. The number of hydrogen-bond donors (Lipinski definition) is 1. The average Bonchev–Trinajstić information content (AvgIpc) is 2.41. The summed E-state index contributed by atoms with van der Waals surface area (Å²) in [5, 5.41) is 11.4. The first kappa shape index (κ1) is 16.2. The molecular formula is C20H32O2. The first-order chi connectivity index (χ1) is 10.1. The van der Waals surface area contributed by atoms with Gasteiger partial charge < -0.3 is 5.11 Å². The number of Topliss-reactive ketones (excluding diaryl/α,β-unsaturated/α-hetero) is 1. The van der Waals surface area contributed by atoms with E-state index in [2.05, 4.69) is 34.3 Å². The Hall–Kier alpha value is -0.630. The van der Waals surface area contributed by atoms with Gasteiger partial charge in [-0.05, 0) is 54.3 Å². The monoisotopic (exact) mass is 304 g/mol. The molecule has 2 nitrogen and oxygen atoms in total. The Morgan fingerprint density at radius 2 is 1.82 bits per heavy atom. The van der Waals surface area contributed by atoms with Crippen molar-refractivity contribution < 1.29 is 9.90 Å². The standard InChI is InChI=1S/C20H32O2/c1-6-18(4)11-8-14-19(5)10-7-9-17(2,3)15(19)12-16(21)20(14,22)13-18/h6,14-15,22H,1,7-13H2,2-5H3/t14?,15?,18-,19+,20+/m1/s1. The van der Waals surface area contributed by atoms with Gasteiger partial charge in [-0.2, -0.15) is 0 Å². The second kappa shape index (κ2) is 4.69. The molecule has 0 amide bonds. The van der Waals surface area contributed by atoms with Crippen molar-refractivity contribution in [2.45, 2.75) is 78.2 Å². The molecule has 5 atom stereocenters. The van der Waals surface area contributed by atoms with Gasteiger partial charge in [-0.25, -0.2) is 0 Å². The Morgan fingerprint density at radius 1 is 1.14 bits per heavy atom. The van der Waals surface area contributed by atoms with Crippen LogP contribution in [0.4, 0.5) is 0 Å². The zero-order chi connectivity index (χ0) is 16.4. The van der Waals surface area contributed by atoms with Crippen molar-refractivity contribution in [2.75, 3.05) is 0 Å². The zero-order valence-corrected chi connectivity index (χ0v) is 14.7. The fourth-order valence-corrected chi connectivity index (χ4v) is 6.34. The molecule has 0 aliphatic heterocycles. The minimum absolute atomic E-state index is 0.0997. The lowest BCUT2D eigenvalue weighted by Gasteiger charge is -2.63. The quantitative estimate of drug-likeness (QED) is 0.723. The molecular weight excluding hydrogens is 272 g/mol. The van der Waals surface area contributed by atoms with Crippen LogP contribution in [0, 0.1) is 28.1 Å². The maximum Gasteiger partial charge on any atom is 0.164 e. The average molecular weight is 304 g/mol. The third-order valence-electron chi connectivity index (χ3n) is 7.69. The summed E-state index contributed by atoms with van der Waals surface area (Å²) in [6.45, 7) is 13.1. The van der Waals surface area contributed by atoms with Gasteiger partial charge in [-0.1, -0.05) is 40.2 Å². The van der Waals surface area contributed by atoms with Gasteiger partial charge >= 0.3 is 0 Å². The van der Waals surface area contributed by atoms with E-state index in [1.165, 1.54) is 12.8 Å². The maximum atomic E-state index is 13.0. The summed E-state index contributed by atoms with van der Waals surface area (Å²) in [4.78, 5) is 13.0. The molecule has 0 spiro atoms. The van der Waals surface area contributed by atoms with Gasteiger partial charge in [0.15, 0.2) is 5.78 Å². The molecule has 0 aromatic rings. The molecule has 3 aliphatic carbocycles. The highest BCUT2D eigenvalue weighted by molar-refractivity contribution is 5.89. The van der Waals surface area contributed by atoms with Crippen molar-refractivity contribution in [1.82, 2.24) is 0 Å². The molecule has 3 fully saturated rings. The summed E-state index contributed by atoms with van der Waals surface area (Å²) in [6, 6.07) is 0. The molecule has 0 bridgehead atoms. The van der Waals surface area contributed by atoms with Crippen LogP contribution in [0.15, 0.2) is 12.7 Å². The van der Waals surface area contributed by atoms with Gasteiger partial charge in [0.05, 0.1) is 0 Å². The molecule has 0 aromatic heterocycles. The van der Waals surface area contributed by atoms with E-state index in [9.17, 15) is 9.90 Å². The van der Waals surface area contributed by atoms with Gasteiger partial charge in [-0.3, -0.25) is 4.79 Å². The number of carbonyl (C=O) groups excluding carboxylic acids is 1. The predicted octanol–water partition coefficient (Wildman–Crippen LogP) is 4.52. The Bertz CT molecular complexity index is 508. The summed E-state index contributed by atoms with van der Waals surface area (Å²) in [6.07, 6.45) is 8.65. The number of allylic oxidation sites excluding steroid dienone is 1. The largest absolute Gasteiger partial charge is 0.382 e. The lowest BCUT2D eigenvalue weighted by molar-refractivity contribution is -0.202. The first-order valence-electron chi connectivity index (χ1n) is 8.97. The molecule has 3 saturated carbocycles. The van der Waals surface area contributed by atoms with E-state index >= 15 is 0 Å². The molecule has 2 heteroatoms. The molecule has 0 aromatic carbocycles. The Labute approximate surface area is 135 Å². The van der Waals surface area contributed by atoms with E-state index < -0.39 is 5.60 Å². The van der Waals surface area contributed by atoms with E-state index in [0.29, 0.717) is 18.8 Å². The Morgan fingerprint density at radius 3 is 2.45 bits per heavy atom. The van der Waals surface area contributed by atoms with E-state index in [1.54, 1.807) is 0 Å². The fourth-order valence-electron chi connectivity index (χ4n) is 6.34. The second-order valence-electron chi connectivity index (χ2n) is 9.58. The third-order valence-corrected chi connectivity index (χ3v) is 7.69. The number of carbonyl (C=O) groups is 1. The van der Waals surface area contributed by atoms with Crippen LogP contribution in [0.1, 0.15) is 72.6 Å². The normalized spacial score (nSPS) is 50.9. The number of rotatable bonds is 1. The van der Waals surface area contributed by atoms with Crippen molar-refractivity contribution in [3.05, 3.63) is 12.7 Å². The fraction of sp³-hybridized carbons (Fsp3) is 0.850. The maximum absolute atomic E-state index is 13.0. The van der Waals surface area contributed by atoms with Gasteiger partial charge in [0, 0.05) is 12.3 Å². The van der Waals surface area contributed by atoms with Gasteiger partial charge in [-0.15, -0.1) is 6.58 Å². The van der Waals surface area contributed by atoms with Crippen LogP contribution in [-0.4, -0.2) is 16.5 Å². The third kappa shape index (κ3) is 2.06. The number of hydrogen-bond acceptors (Lipinski definition) is 2. The van der Waals surface area contributed by atoms with E-state index in [-0.39, 0.29) is 27.9 Å². The van der Waals surface area contributed by atoms with Crippen LogP contribution >= 0.6 is 0 Å². The van der Waals surface area contributed by atoms with Crippen molar-refractivity contribution in [1.29, 1.82) is 0 Å². The van der Waals surface area contributed by atoms with Crippen molar-refractivity contribution >= 4 is 5.78 Å².